The number of carbonyl (C=O) groups is 1. The lowest BCUT2D eigenvalue weighted by Crippen LogP contribution is -2.18. The van der Waals surface area contributed by atoms with Gasteiger partial charge >= 0.3 is 0 Å². The Morgan fingerprint density at radius 1 is 0.828 bits per heavy atom. The number of nitrogens with zero attached hydrogens (tertiary/aromatic N) is 1. The van der Waals surface area contributed by atoms with Gasteiger partial charge in [-0.3, -0.25) is 4.79 Å². The third-order valence-corrected chi connectivity index (χ3v) is 4.32. The standard InChI is InChI=1S/C23H22N2O4/c1-27-20-13-19(14-21(28-2)22(20)29-3)23(26)25-24-15-16-9-11-18(12-10-16)17-7-5-4-6-8-17/h4-15H,1-3H3,(H,25,26). The van der Waals surface area contributed by atoms with Crippen molar-refractivity contribution in [1.29, 1.82) is 0 Å². The monoisotopic (exact) mass is 390 g/mol. The fourth-order valence-electron chi connectivity index (χ4n) is 2.83. The maximum Gasteiger partial charge on any atom is 0.271 e. The molecule has 0 unspecified atom stereocenters. The Kier molecular flexibility index (Phi) is 6.47. The van der Waals surface area contributed by atoms with Crippen molar-refractivity contribution in [2.75, 3.05) is 21.3 Å². The van der Waals surface area contributed by atoms with E-state index in [2.05, 4.69) is 22.7 Å². The van der Waals surface area contributed by atoms with E-state index < -0.39 is 0 Å². The summed E-state index contributed by atoms with van der Waals surface area (Å²) in [5, 5.41) is 4.04. The van der Waals surface area contributed by atoms with E-state index in [1.54, 1.807) is 18.3 Å². The maximum absolute atomic E-state index is 12.4. The lowest BCUT2D eigenvalue weighted by atomic mass is 10.0. The normalized spacial score (nSPS) is 10.6. The predicted octanol–water partition coefficient (Wildman–Crippen LogP) is 4.14. The molecule has 0 fully saturated rings. The molecule has 1 amide bonds. The molecule has 0 bridgehead atoms. The lowest BCUT2D eigenvalue weighted by Gasteiger charge is -2.13. The fourth-order valence-corrected chi connectivity index (χ4v) is 2.83. The molecule has 3 aromatic carbocycles. The van der Waals surface area contributed by atoms with Gasteiger partial charge in [0.05, 0.1) is 27.5 Å². The highest BCUT2D eigenvalue weighted by atomic mass is 16.5. The van der Waals surface area contributed by atoms with Crippen LogP contribution in [0.3, 0.4) is 0 Å². The highest BCUT2D eigenvalue weighted by Crippen LogP contribution is 2.38. The van der Waals surface area contributed by atoms with E-state index in [1.807, 2.05) is 42.5 Å². The van der Waals surface area contributed by atoms with Crippen molar-refractivity contribution in [3.05, 3.63) is 77.9 Å². The summed E-state index contributed by atoms with van der Waals surface area (Å²) in [5.74, 6) is 0.838. The third kappa shape index (κ3) is 4.73. The van der Waals surface area contributed by atoms with Crippen molar-refractivity contribution in [2.45, 2.75) is 0 Å². The first-order valence-corrected chi connectivity index (χ1v) is 8.95. The van der Waals surface area contributed by atoms with E-state index >= 15 is 0 Å². The molecule has 0 aromatic heterocycles. The fraction of sp³-hybridized carbons (Fsp3) is 0.130. The molecule has 3 aromatic rings. The minimum Gasteiger partial charge on any atom is -0.493 e. The minimum atomic E-state index is -0.388. The Hall–Kier alpha value is -3.80. The molecule has 29 heavy (non-hydrogen) atoms. The van der Waals surface area contributed by atoms with Gasteiger partial charge in [-0.2, -0.15) is 5.10 Å². The number of nitrogens with one attached hydrogen (secondary N) is 1. The van der Waals surface area contributed by atoms with Gasteiger partial charge in [0.1, 0.15) is 0 Å². The van der Waals surface area contributed by atoms with Crippen molar-refractivity contribution >= 4 is 12.1 Å². The SMILES string of the molecule is COc1cc(C(=O)NN=Cc2ccc(-c3ccccc3)cc2)cc(OC)c1OC. The Bertz CT molecular complexity index is 974. The average molecular weight is 390 g/mol. The van der Waals surface area contributed by atoms with Crippen LogP contribution in [0.2, 0.25) is 0 Å². The van der Waals surface area contributed by atoms with E-state index in [0.717, 1.165) is 16.7 Å². The summed E-state index contributed by atoms with van der Waals surface area (Å²) in [5.41, 5.74) is 5.99. The first kappa shape index (κ1) is 19.9. The first-order valence-electron chi connectivity index (χ1n) is 8.95. The third-order valence-electron chi connectivity index (χ3n) is 4.32. The second-order valence-corrected chi connectivity index (χ2v) is 6.10. The van der Waals surface area contributed by atoms with Crippen LogP contribution in [0.15, 0.2) is 71.8 Å². The summed E-state index contributed by atoms with van der Waals surface area (Å²) < 4.78 is 15.8. The predicted molar refractivity (Wildman–Crippen MR) is 113 cm³/mol. The molecule has 0 radical (unpaired) electrons. The second kappa shape index (κ2) is 9.41. The first-order chi connectivity index (χ1) is 14.2. The summed E-state index contributed by atoms with van der Waals surface area (Å²) in [7, 11) is 4.50. The number of hydrogen-bond acceptors (Lipinski definition) is 5. The summed E-state index contributed by atoms with van der Waals surface area (Å²) in [4.78, 5) is 12.4. The Labute approximate surface area is 169 Å². The van der Waals surface area contributed by atoms with Crippen molar-refractivity contribution in [3.8, 4) is 28.4 Å². The van der Waals surface area contributed by atoms with Gasteiger partial charge in [0.15, 0.2) is 11.5 Å². The van der Waals surface area contributed by atoms with Gasteiger partial charge < -0.3 is 14.2 Å². The molecule has 0 aliphatic carbocycles. The highest BCUT2D eigenvalue weighted by Gasteiger charge is 2.16. The number of ether oxygens (including phenoxy) is 3. The van der Waals surface area contributed by atoms with Crippen molar-refractivity contribution in [1.82, 2.24) is 5.43 Å². The van der Waals surface area contributed by atoms with Crippen molar-refractivity contribution < 1.29 is 19.0 Å². The number of carbonyl (C=O) groups excluding carboxylic acids is 1. The van der Waals surface area contributed by atoms with E-state index in [9.17, 15) is 4.79 Å². The van der Waals surface area contributed by atoms with Crippen LogP contribution in [-0.4, -0.2) is 33.5 Å². The van der Waals surface area contributed by atoms with Gasteiger partial charge in [0, 0.05) is 5.56 Å². The van der Waals surface area contributed by atoms with Crippen LogP contribution in [-0.2, 0) is 0 Å². The van der Waals surface area contributed by atoms with Crippen LogP contribution in [0.1, 0.15) is 15.9 Å². The number of hydrogen-bond donors (Lipinski definition) is 1. The molecule has 0 aliphatic heterocycles. The molecule has 0 heterocycles. The highest BCUT2D eigenvalue weighted by molar-refractivity contribution is 5.96. The van der Waals surface area contributed by atoms with Gasteiger partial charge in [-0.25, -0.2) is 5.43 Å². The van der Waals surface area contributed by atoms with Gasteiger partial charge in [-0.1, -0.05) is 54.6 Å². The van der Waals surface area contributed by atoms with E-state index in [0.29, 0.717) is 22.8 Å². The molecule has 0 spiro atoms. The number of amides is 1. The zero-order chi connectivity index (χ0) is 20.6. The topological polar surface area (TPSA) is 69.2 Å². The van der Waals surface area contributed by atoms with E-state index in [4.69, 9.17) is 14.2 Å². The Balaban J connectivity index is 1.69. The van der Waals surface area contributed by atoms with Crippen LogP contribution in [0.5, 0.6) is 17.2 Å². The smallest absolute Gasteiger partial charge is 0.271 e. The van der Waals surface area contributed by atoms with Gasteiger partial charge in [-0.05, 0) is 28.8 Å². The average Bonchev–Trinajstić information content (AvgIpc) is 2.78. The lowest BCUT2D eigenvalue weighted by molar-refractivity contribution is 0.0954. The number of rotatable bonds is 7. The van der Waals surface area contributed by atoms with E-state index in [1.165, 1.54) is 21.3 Å². The molecule has 3 rings (SSSR count). The number of benzene rings is 3. The van der Waals surface area contributed by atoms with Crippen LogP contribution >= 0.6 is 0 Å². The molecule has 0 saturated carbocycles. The van der Waals surface area contributed by atoms with Crippen LogP contribution in [0, 0.1) is 0 Å². The van der Waals surface area contributed by atoms with Gasteiger partial charge in [0.25, 0.3) is 5.91 Å². The summed E-state index contributed by atoms with van der Waals surface area (Å²) in [6.45, 7) is 0. The molecule has 1 N–H and O–H groups in total. The molecule has 6 heteroatoms. The van der Waals surface area contributed by atoms with E-state index in [-0.39, 0.29) is 5.91 Å². The minimum absolute atomic E-state index is 0.344. The zero-order valence-corrected chi connectivity index (χ0v) is 16.5. The second-order valence-electron chi connectivity index (χ2n) is 6.10. The molecular weight excluding hydrogens is 368 g/mol. The molecule has 0 aliphatic rings. The number of methoxy groups -OCH3 is 3. The van der Waals surface area contributed by atoms with Gasteiger partial charge in [0.2, 0.25) is 5.75 Å². The van der Waals surface area contributed by atoms with Gasteiger partial charge in [-0.15, -0.1) is 0 Å². The van der Waals surface area contributed by atoms with Crippen LogP contribution in [0.25, 0.3) is 11.1 Å². The molecule has 0 atom stereocenters. The largest absolute Gasteiger partial charge is 0.493 e. The Morgan fingerprint density at radius 2 is 1.41 bits per heavy atom. The maximum atomic E-state index is 12.4. The zero-order valence-electron chi connectivity index (χ0n) is 16.5. The van der Waals surface area contributed by atoms with Crippen molar-refractivity contribution in [3.63, 3.8) is 0 Å². The van der Waals surface area contributed by atoms with Crippen LogP contribution < -0.4 is 19.6 Å². The van der Waals surface area contributed by atoms with Crippen LogP contribution in [0.4, 0.5) is 0 Å². The summed E-state index contributed by atoms with van der Waals surface area (Å²) in [6.07, 6.45) is 1.59. The molecular formula is C23H22N2O4. The van der Waals surface area contributed by atoms with Crippen molar-refractivity contribution in [2.24, 2.45) is 5.10 Å². The summed E-state index contributed by atoms with van der Waals surface area (Å²) >= 11 is 0. The quantitative estimate of drug-likeness (QED) is 0.486. The molecule has 6 nitrogen and oxygen atoms in total. The summed E-state index contributed by atoms with van der Waals surface area (Å²) in [6, 6.07) is 21.2. The molecule has 0 saturated heterocycles. The Morgan fingerprint density at radius 3 is 1.97 bits per heavy atom. The number of hydrazone groups is 1. The molecule has 148 valence electrons.